The second-order valence-corrected chi connectivity index (χ2v) is 5.88. The van der Waals surface area contributed by atoms with Crippen molar-refractivity contribution in [1.82, 2.24) is 4.90 Å². The zero-order valence-corrected chi connectivity index (χ0v) is 12.6. The second kappa shape index (κ2) is 6.39. The molecule has 2 N–H and O–H groups in total. The number of nitrogens with zero attached hydrogens (tertiary/aromatic N) is 1. The third kappa shape index (κ3) is 3.94. The van der Waals surface area contributed by atoms with Gasteiger partial charge < -0.3 is 15.4 Å². The Hall–Kier alpha value is -1.07. The smallest absolute Gasteiger partial charge is 0.260 e. The first-order chi connectivity index (χ1) is 9.06. The molecule has 2 atom stereocenters. The summed E-state index contributed by atoms with van der Waals surface area (Å²) in [6, 6.07) is 7.90. The molecule has 1 aromatic carbocycles. The molecule has 0 aliphatic carbocycles. The fourth-order valence-electron chi connectivity index (χ4n) is 2.36. The maximum atomic E-state index is 12.1. The van der Waals surface area contributed by atoms with E-state index in [1.54, 1.807) is 0 Å². The highest BCUT2D eigenvalue weighted by Crippen LogP contribution is 2.19. The average molecular weight is 327 g/mol. The van der Waals surface area contributed by atoms with Crippen molar-refractivity contribution >= 4 is 21.8 Å². The van der Waals surface area contributed by atoms with Gasteiger partial charge in [-0.2, -0.15) is 0 Å². The van der Waals surface area contributed by atoms with Crippen LogP contribution in [0.25, 0.3) is 0 Å². The van der Waals surface area contributed by atoms with Crippen LogP contribution in [0.15, 0.2) is 28.7 Å². The molecule has 0 bridgehead atoms. The van der Waals surface area contributed by atoms with Crippen LogP contribution in [0.2, 0.25) is 0 Å². The third-order valence-corrected chi connectivity index (χ3v) is 3.89. The quantitative estimate of drug-likeness (QED) is 0.926. The minimum atomic E-state index is 0.0272. The summed E-state index contributed by atoms with van der Waals surface area (Å²) >= 11 is 3.37. The molecule has 19 heavy (non-hydrogen) atoms. The van der Waals surface area contributed by atoms with E-state index < -0.39 is 0 Å². The normalized spacial score (nSPS) is 23.2. The molecule has 1 amide bonds. The highest BCUT2D eigenvalue weighted by Gasteiger charge is 2.27. The van der Waals surface area contributed by atoms with Gasteiger partial charge in [-0.05, 0) is 38.0 Å². The SMILES string of the molecule is CC1CC(N)CCN1C(=O)COc1cccc(Br)c1. The maximum Gasteiger partial charge on any atom is 0.260 e. The number of benzene rings is 1. The Labute approximate surface area is 122 Å². The number of hydrogen-bond acceptors (Lipinski definition) is 3. The summed E-state index contributed by atoms with van der Waals surface area (Å²) in [6.45, 7) is 2.84. The number of hydrogen-bond donors (Lipinski definition) is 1. The average Bonchev–Trinajstić information content (AvgIpc) is 2.36. The van der Waals surface area contributed by atoms with Crippen molar-refractivity contribution in [2.75, 3.05) is 13.2 Å². The van der Waals surface area contributed by atoms with Gasteiger partial charge in [-0.25, -0.2) is 0 Å². The number of amides is 1. The Morgan fingerprint density at radius 2 is 2.37 bits per heavy atom. The molecule has 1 aromatic rings. The molecule has 2 unspecified atom stereocenters. The van der Waals surface area contributed by atoms with E-state index in [1.807, 2.05) is 36.1 Å². The number of carbonyl (C=O) groups is 1. The summed E-state index contributed by atoms with van der Waals surface area (Å²) in [4.78, 5) is 14.0. The number of piperidine rings is 1. The Morgan fingerprint density at radius 3 is 3.05 bits per heavy atom. The molecule has 1 aliphatic heterocycles. The van der Waals surface area contributed by atoms with Crippen molar-refractivity contribution in [3.8, 4) is 5.75 Å². The number of carbonyl (C=O) groups excluding carboxylic acids is 1. The molecule has 0 radical (unpaired) electrons. The van der Waals surface area contributed by atoms with Crippen molar-refractivity contribution in [3.63, 3.8) is 0 Å². The summed E-state index contributed by atoms with van der Waals surface area (Å²) in [5, 5.41) is 0. The van der Waals surface area contributed by atoms with E-state index >= 15 is 0 Å². The van der Waals surface area contributed by atoms with Crippen LogP contribution in [0, 0.1) is 0 Å². The van der Waals surface area contributed by atoms with E-state index in [4.69, 9.17) is 10.5 Å². The monoisotopic (exact) mass is 326 g/mol. The van der Waals surface area contributed by atoms with Crippen molar-refractivity contribution in [2.45, 2.75) is 31.8 Å². The van der Waals surface area contributed by atoms with Crippen LogP contribution in [-0.2, 0) is 4.79 Å². The molecule has 1 aliphatic rings. The van der Waals surface area contributed by atoms with E-state index in [-0.39, 0.29) is 24.6 Å². The molecule has 1 heterocycles. The van der Waals surface area contributed by atoms with Crippen LogP contribution < -0.4 is 10.5 Å². The molecule has 1 saturated heterocycles. The minimum Gasteiger partial charge on any atom is -0.484 e. The minimum absolute atomic E-state index is 0.0272. The molecular formula is C14H19BrN2O2. The molecule has 4 nitrogen and oxygen atoms in total. The number of likely N-dealkylation sites (tertiary alicyclic amines) is 1. The Morgan fingerprint density at radius 1 is 1.58 bits per heavy atom. The first kappa shape index (κ1) is 14.3. The van der Waals surface area contributed by atoms with Crippen molar-refractivity contribution < 1.29 is 9.53 Å². The lowest BCUT2D eigenvalue weighted by atomic mass is 9.99. The van der Waals surface area contributed by atoms with Gasteiger partial charge in [0.2, 0.25) is 0 Å². The summed E-state index contributed by atoms with van der Waals surface area (Å²) < 4.78 is 6.46. The van der Waals surface area contributed by atoms with E-state index in [0.717, 1.165) is 23.9 Å². The molecule has 2 rings (SSSR count). The lowest BCUT2D eigenvalue weighted by molar-refractivity contribution is -0.136. The first-order valence-corrected chi connectivity index (χ1v) is 7.29. The zero-order chi connectivity index (χ0) is 13.8. The zero-order valence-electron chi connectivity index (χ0n) is 11.0. The van der Waals surface area contributed by atoms with Gasteiger partial charge in [-0.15, -0.1) is 0 Å². The number of ether oxygens (including phenoxy) is 1. The highest BCUT2D eigenvalue weighted by molar-refractivity contribution is 9.10. The first-order valence-electron chi connectivity index (χ1n) is 6.49. The second-order valence-electron chi connectivity index (χ2n) is 4.97. The van der Waals surface area contributed by atoms with Gasteiger partial charge in [-0.1, -0.05) is 22.0 Å². The Balaban J connectivity index is 1.87. The third-order valence-electron chi connectivity index (χ3n) is 3.40. The largest absolute Gasteiger partial charge is 0.484 e. The predicted molar refractivity (Wildman–Crippen MR) is 78.0 cm³/mol. The van der Waals surface area contributed by atoms with Gasteiger partial charge in [0.1, 0.15) is 5.75 Å². The number of rotatable bonds is 3. The molecular weight excluding hydrogens is 308 g/mol. The van der Waals surface area contributed by atoms with E-state index in [1.165, 1.54) is 0 Å². The van der Waals surface area contributed by atoms with Crippen molar-refractivity contribution in [2.24, 2.45) is 5.73 Å². The summed E-state index contributed by atoms with van der Waals surface area (Å²) in [6.07, 6.45) is 1.73. The van der Waals surface area contributed by atoms with Crippen LogP contribution in [0.3, 0.4) is 0 Å². The topological polar surface area (TPSA) is 55.6 Å². The van der Waals surface area contributed by atoms with Gasteiger partial charge >= 0.3 is 0 Å². The highest BCUT2D eigenvalue weighted by atomic mass is 79.9. The summed E-state index contributed by atoms with van der Waals surface area (Å²) in [5.74, 6) is 0.725. The number of nitrogens with two attached hydrogens (primary N) is 1. The van der Waals surface area contributed by atoms with Crippen LogP contribution in [0.4, 0.5) is 0 Å². The van der Waals surface area contributed by atoms with E-state index in [9.17, 15) is 4.79 Å². The lowest BCUT2D eigenvalue weighted by Gasteiger charge is -2.36. The van der Waals surface area contributed by atoms with Gasteiger partial charge in [0.25, 0.3) is 5.91 Å². The fourth-order valence-corrected chi connectivity index (χ4v) is 2.74. The number of halogens is 1. The van der Waals surface area contributed by atoms with E-state index in [0.29, 0.717) is 5.75 Å². The van der Waals surface area contributed by atoms with Crippen molar-refractivity contribution in [1.29, 1.82) is 0 Å². The van der Waals surface area contributed by atoms with E-state index in [2.05, 4.69) is 15.9 Å². The van der Waals surface area contributed by atoms with Crippen LogP contribution in [0.5, 0.6) is 5.75 Å². The van der Waals surface area contributed by atoms with Gasteiger partial charge in [0.15, 0.2) is 6.61 Å². The maximum absolute atomic E-state index is 12.1. The fraction of sp³-hybridized carbons (Fsp3) is 0.500. The summed E-state index contributed by atoms with van der Waals surface area (Å²) in [5.41, 5.74) is 5.89. The van der Waals surface area contributed by atoms with Gasteiger partial charge in [-0.3, -0.25) is 4.79 Å². The van der Waals surface area contributed by atoms with Crippen LogP contribution in [-0.4, -0.2) is 36.0 Å². The molecule has 5 heteroatoms. The molecule has 0 spiro atoms. The Bertz CT molecular complexity index is 453. The molecule has 0 aromatic heterocycles. The molecule has 0 saturated carbocycles. The lowest BCUT2D eigenvalue weighted by Crippen LogP contribution is -2.49. The Kier molecular flexibility index (Phi) is 4.82. The standard InChI is InChI=1S/C14H19BrN2O2/c1-10-7-12(16)5-6-17(10)14(18)9-19-13-4-2-3-11(15)8-13/h2-4,8,10,12H,5-7,9,16H2,1H3. The molecule has 104 valence electrons. The van der Waals surface area contributed by atoms with Crippen LogP contribution >= 0.6 is 15.9 Å². The van der Waals surface area contributed by atoms with Crippen LogP contribution in [0.1, 0.15) is 19.8 Å². The molecule has 1 fully saturated rings. The van der Waals surface area contributed by atoms with Gasteiger partial charge in [0.05, 0.1) is 0 Å². The summed E-state index contributed by atoms with van der Waals surface area (Å²) in [7, 11) is 0. The van der Waals surface area contributed by atoms with Crippen molar-refractivity contribution in [3.05, 3.63) is 28.7 Å². The predicted octanol–water partition coefficient (Wildman–Crippen LogP) is 2.17. The van der Waals surface area contributed by atoms with Gasteiger partial charge in [0, 0.05) is 23.1 Å².